The van der Waals surface area contributed by atoms with Gasteiger partial charge in [-0.3, -0.25) is 4.79 Å². The molecule has 0 radical (unpaired) electrons. The fourth-order valence-electron chi connectivity index (χ4n) is 2.32. The number of benzene rings is 1. The van der Waals surface area contributed by atoms with Crippen LogP contribution in [0.25, 0.3) is 10.9 Å². The summed E-state index contributed by atoms with van der Waals surface area (Å²) in [5, 5.41) is 1.05. The summed E-state index contributed by atoms with van der Waals surface area (Å²) in [5.41, 5.74) is 0.718. The first-order chi connectivity index (χ1) is 7.77. The summed E-state index contributed by atoms with van der Waals surface area (Å²) in [6, 6.07) is 5.56. The number of hydrogen-bond donors (Lipinski definition) is 0. The Morgan fingerprint density at radius 1 is 1.31 bits per heavy atom. The van der Waals surface area contributed by atoms with Crippen LogP contribution >= 0.6 is 11.6 Å². The summed E-state index contributed by atoms with van der Waals surface area (Å²) in [7, 11) is 0. The molecule has 0 unspecified atom stereocenters. The van der Waals surface area contributed by atoms with Crippen LogP contribution in [-0.2, 0) is 13.0 Å². The minimum atomic E-state index is -0.200. The van der Waals surface area contributed by atoms with Crippen molar-refractivity contribution in [1.29, 1.82) is 0 Å². The van der Waals surface area contributed by atoms with E-state index in [1.807, 2.05) is 12.1 Å². The Kier molecular flexibility index (Phi) is 2.21. The van der Waals surface area contributed by atoms with Crippen molar-refractivity contribution in [2.75, 3.05) is 0 Å². The van der Waals surface area contributed by atoms with Crippen molar-refractivity contribution in [3.05, 3.63) is 39.4 Å². The Morgan fingerprint density at radius 2 is 2.19 bits per heavy atom. The highest BCUT2D eigenvalue weighted by Crippen LogP contribution is 2.23. The van der Waals surface area contributed by atoms with Crippen molar-refractivity contribution in [3.8, 4) is 0 Å². The van der Waals surface area contributed by atoms with E-state index in [0.29, 0.717) is 10.4 Å². The minimum Gasteiger partial charge on any atom is -0.329 e. The maximum atomic E-state index is 11.9. The third-order valence-corrected chi connectivity index (χ3v) is 3.39. The maximum absolute atomic E-state index is 11.9. The van der Waals surface area contributed by atoms with E-state index in [4.69, 9.17) is 11.6 Å². The summed E-state index contributed by atoms with van der Waals surface area (Å²) < 4.78 is 2.12. The van der Waals surface area contributed by atoms with Gasteiger partial charge in [0, 0.05) is 13.0 Å². The van der Waals surface area contributed by atoms with Crippen molar-refractivity contribution in [2.45, 2.75) is 25.8 Å². The molecule has 0 spiro atoms. The van der Waals surface area contributed by atoms with Gasteiger partial charge in [-0.25, -0.2) is 0 Å². The molecular formula is C12H11ClN2O. The molecule has 82 valence electrons. The number of fused-ring (bicyclic) bond motifs is 3. The van der Waals surface area contributed by atoms with Gasteiger partial charge in [-0.15, -0.1) is 0 Å². The zero-order valence-electron chi connectivity index (χ0n) is 8.74. The van der Waals surface area contributed by atoms with Gasteiger partial charge in [0.1, 0.15) is 5.82 Å². The molecule has 0 amide bonds. The average molecular weight is 235 g/mol. The third kappa shape index (κ3) is 1.35. The molecule has 4 heteroatoms. The van der Waals surface area contributed by atoms with Gasteiger partial charge in [0.05, 0.1) is 15.9 Å². The first-order valence-electron chi connectivity index (χ1n) is 5.45. The molecular weight excluding hydrogens is 224 g/mol. The van der Waals surface area contributed by atoms with Crippen molar-refractivity contribution < 1.29 is 0 Å². The predicted octanol–water partition coefficient (Wildman–Crippen LogP) is 2.39. The normalized spacial score (nSPS) is 15.1. The van der Waals surface area contributed by atoms with E-state index in [9.17, 15) is 4.79 Å². The standard InChI is InChI=1S/C12H11ClN2O/c13-8-4-3-5-9-11(8)12(16)14-10-6-1-2-7-15(9)10/h3-5H,1-2,6-7H2. The molecule has 1 aliphatic rings. The Hall–Kier alpha value is -1.35. The van der Waals surface area contributed by atoms with Gasteiger partial charge in [-0.05, 0) is 25.0 Å². The lowest BCUT2D eigenvalue weighted by molar-refractivity contribution is 0.521. The second-order valence-electron chi connectivity index (χ2n) is 4.08. The number of aryl methyl sites for hydroxylation is 2. The van der Waals surface area contributed by atoms with E-state index < -0.39 is 0 Å². The fourth-order valence-corrected chi connectivity index (χ4v) is 2.57. The summed E-state index contributed by atoms with van der Waals surface area (Å²) in [4.78, 5) is 16.0. The minimum absolute atomic E-state index is 0.200. The lowest BCUT2D eigenvalue weighted by atomic mass is 10.1. The molecule has 3 nitrogen and oxygen atoms in total. The van der Waals surface area contributed by atoms with Gasteiger partial charge >= 0.3 is 0 Å². The molecule has 16 heavy (non-hydrogen) atoms. The molecule has 0 saturated carbocycles. The topological polar surface area (TPSA) is 34.9 Å². The van der Waals surface area contributed by atoms with Crippen LogP contribution in [0.4, 0.5) is 0 Å². The van der Waals surface area contributed by atoms with Gasteiger partial charge in [0.25, 0.3) is 5.56 Å². The summed E-state index contributed by atoms with van der Waals surface area (Å²) in [6.07, 6.45) is 3.13. The fraction of sp³-hybridized carbons (Fsp3) is 0.333. The SMILES string of the molecule is O=c1nc2n(c3cccc(Cl)c13)CCCC2. The highest BCUT2D eigenvalue weighted by atomic mass is 35.5. The largest absolute Gasteiger partial charge is 0.329 e. The smallest absolute Gasteiger partial charge is 0.282 e. The lowest BCUT2D eigenvalue weighted by Crippen LogP contribution is -2.22. The van der Waals surface area contributed by atoms with E-state index in [2.05, 4.69) is 9.55 Å². The summed E-state index contributed by atoms with van der Waals surface area (Å²) >= 11 is 6.05. The van der Waals surface area contributed by atoms with Crippen LogP contribution in [0.2, 0.25) is 5.02 Å². The zero-order chi connectivity index (χ0) is 11.1. The molecule has 0 saturated heterocycles. The first kappa shape index (κ1) is 9.85. The van der Waals surface area contributed by atoms with Crippen molar-refractivity contribution in [1.82, 2.24) is 9.55 Å². The van der Waals surface area contributed by atoms with Gasteiger partial charge in [-0.2, -0.15) is 4.98 Å². The Balaban J connectivity index is 2.48. The van der Waals surface area contributed by atoms with Gasteiger partial charge in [-0.1, -0.05) is 17.7 Å². The second-order valence-corrected chi connectivity index (χ2v) is 4.48. The Labute approximate surface area is 97.7 Å². The molecule has 2 heterocycles. The van der Waals surface area contributed by atoms with E-state index in [1.165, 1.54) is 0 Å². The van der Waals surface area contributed by atoms with Gasteiger partial charge in [0.15, 0.2) is 0 Å². The third-order valence-electron chi connectivity index (χ3n) is 3.07. The number of nitrogens with zero attached hydrogens (tertiary/aromatic N) is 2. The number of halogens is 1. The van der Waals surface area contributed by atoms with Crippen LogP contribution in [0.15, 0.2) is 23.0 Å². The van der Waals surface area contributed by atoms with Crippen molar-refractivity contribution in [3.63, 3.8) is 0 Å². The van der Waals surface area contributed by atoms with Crippen LogP contribution in [0, 0.1) is 0 Å². The van der Waals surface area contributed by atoms with E-state index in [1.54, 1.807) is 6.07 Å². The molecule has 1 aliphatic heterocycles. The number of hydrogen-bond acceptors (Lipinski definition) is 2. The molecule has 0 N–H and O–H groups in total. The highest BCUT2D eigenvalue weighted by Gasteiger charge is 2.15. The molecule has 0 bridgehead atoms. The van der Waals surface area contributed by atoms with Crippen LogP contribution in [0.5, 0.6) is 0 Å². The molecule has 1 aromatic carbocycles. The highest BCUT2D eigenvalue weighted by molar-refractivity contribution is 6.35. The van der Waals surface area contributed by atoms with Crippen LogP contribution < -0.4 is 5.56 Å². The molecule has 0 fully saturated rings. The maximum Gasteiger partial charge on any atom is 0.282 e. The molecule has 1 aromatic heterocycles. The summed E-state index contributed by atoms with van der Waals surface area (Å²) in [5.74, 6) is 0.894. The van der Waals surface area contributed by atoms with Crippen molar-refractivity contribution in [2.24, 2.45) is 0 Å². The van der Waals surface area contributed by atoms with E-state index in [-0.39, 0.29) is 5.56 Å². The average Bonchev–Trinajstić information content (AvgIpc) is 2.29. The Morgan fingerprint density at radius 3 is 3.06 bits per heavy atom. The van der Waals surface area contributed by atoms with E-state index in [0.717, 1.165) is 37.1 Å². The van der Waals surface area contributed by atoms with Crippen LogP contribution in [0.1, 0.15) is 18.7 Å². The monoisotopic (exact) mass is 234 g/mol. The van der Waals surface area contributed by atoms with Gasteiger partial charge in [0.2, 0.25) is 0 Å². The van der Waals surface area contributed by atoms with E-state index >= 15 is 0 Å². The molecule has 0 aliphatic carbocycles. The molecule has 0 atom stereocenters. The molecule has 3 rings (SSSR count). The zero-order valence-corrected chi connectivity index (χ0v) is 9.50. The Bertz CT molecular complexity index is 618. The number of aromatic nitrogens is 2. The second kappa shape index (κ2) is 3.59. The first-order valence-corrected chi connectivity index (χ1v) is 5.83. The summed E-state index contributed by atoms with van der Waals surface area (Å²) in [6.45, 7) is 0.930. The number of rotatable bonds is 0. The lowest BCUT2D eigenvalue weighted by Gasteiger charge is -2.20. The van der Waals surface area contributed by atoms with Gasteiger partial charge < -0.3 is 4.57 Å². The van der Waals surface area contributed by atoms with Crippen molar-refractivity contribution >= 4 is 22.5 Å². The van der Waals surface area contributed by atoms with Crippen LogP contribution in [0.3, 0.4) is 0 Å². The predicted molar refractivity (Wildman–Crippen MR) is 64.0 cm³/mol. The quantitative estimate of drug-likeness (QED) is 0.702. The molecule has 2 aromatic rings. The van der Waals surface area contributed by atoms with Crippen LogP contribution in [-0.4, -0.2) is 9.55 Å².